The van der Waals surface area contributed by atoms with Crippen LogP contribution in [0.4, 0.5) is 0 Å². The smallest absolute Gasteiger partial charge is 0.272 e. The molecule has 0 aliphatic carbocycles. The molecule has 0 aliphatic heterocycles. The van der Waals surface area contributed by atoms with Crippen LogP contribution in [0.1, 0.15) is 22.1 Å². The number of hydrogen-bond acceptors (Lipinski definition) is 4. The summed E-state index contributed by atoms with van der Waals surface area (Å²) in [5.41, 5.74) is 0.419. The summed E-state index contributed by atoms with van der Waals surface area (Å²) in [6.07, 6.45) is 1.60. The molecular weight excluding hydrogens is 218 g/mol. The third-order valence-corrected chi connectivity index (χ3v) is 2.25. The minimum atomic E-state index is -0.145. The molecule has 88 valence electrons. The van der Waals surface area contributed by atoms with E-state index in [9.17, 15) is 4.79 Å². The number of aromatic nitrogens is 4. The summed E-state index contributed by atoms with van der Waals surface area (Å²) in [6.45, 7) is 2.18. The van der Waals surface area contributed by atoms with Gasteiger partial charge in [0.25, 0.3) is 5.91 Å². The van der Waals surface area contributed by atoms with E-state index in [0.717, 1.165) is 5.82 Å². The minimum absolute atomic E-state index is 0.145. The van der Waals surface area contributed by atoms with E-state index in [1.807, 2.05) is 6.92 Å². The van der Waals surface area contributed by atoms with Gasteiger partial charge in [-0.05, 0) is 19.1 Å². The molecule has 17 heavy (non-hydrogen) atoms. The van der Waals surface area contributed by atoms with Gasteiger partial charge in [-0.15, -0.1) is 0 Å². The van der Waals surface area contributed by atoms with Crippen molar-refractivity contribution in [2.75, 3.05) is 7.05 Å². The minimum Gasteiger partial charge on any atom is -0.333 e. The molecule has 0 saturated heterocycles. The fourth-order valence-electron chi connectivity index (χ4n) is 1.43. The summed E-state index contributed by atoms with van der Waals surface area (Å²) >= 11 is 0. The second-order valence-electron chi connectivity index (χ2n) is 3.71. The van der Waals surface area contributed by atoms with Crippen molar-refractivity contribution in [2.45, 2.75) is 13.5 Å². The van der Waals surface area contributed by atoms with Gasteiger partial charge >= 0.3 is 0 Å². The third kappa shape index (κ3) is 2.66. The first-order valence-electron chi connectivity index (χ1n) is 5.21. The Balaban J connectivity index is 2.06. The van der Waals surface area contributed by atoms with Gasteiger partial charge in [0.1, 0.15) is 11.5 Å². The first-order chi connectivity index (χ1) is 8.16. The van der Waals surface area contributed by atoms with Crippen molar-refractivity contribution in [3.8, 4) is 0 Å². The maximum absolute atomic E-state index is 12.0. The molecule has 0 aromatic carbocycles. The maximum Gasteiger partial charge on any atom is 0.272 e. The number of aromatic amines is 1. The number of nitrogens with zero attached hydrogens (tertiary/aromatic N) is 4. The summed E-state index contributed by atoms with van der Waals surface area (Å²) in [6, 6.07) is 5.24. The molecule has 0 saturated carbocycles. The second kappa shape index (κ2) is 4.73. The summed E-state index contributed by atoms with van der Waals surface area (Å²) in [4.78, 5) is 21.6. The Bertz CT molecular complexity index is 508. The zero-order valence-corrected chi connectivity index (χ0v) is 9.71. The van der Waals surface area contributed by atoms with E-state index in [-0.39, 0.29) is 5.91 Å². The number of H-pyrrole nitrogens is 1. The van der Waals surface area contributed by atoms with Gasteiger partial charge in [-0.1, -0.05) is 6.07 Å². The molecule has 1 amide bonds. The van der Waals surface area contributed by atoms with Gasteiger partial charge in [0.15, 0.2) is 5.82 Å². The van der Waals surface area contributed by atoms with Crippen LogP contribution >= 0.6 is 0 Å². The van der Waals surface area contributed by atoms with E-state index in [2.05, 4.69) is 20.2 Å². The fraction of sp³-hybridized carbons (Fsp3) is 0.273. The molecule has 0 bridgehead atoms. The number of nitrogens with one attached hydrogen (secondary N) is 1. The highest BCUT2D eigenvalue weighted by molar-refractivity contribution is 5.91. The molecule has 0 unspecified atom stereocenters. The number of carbonyl (C=O) groups is 1. The average molecular weight is 231 g/mol. The van der Waals surface area contributed by atoms with Gasteiger partial charge in [-0.2, -0.15) is 5.10 Å². The summed E-state index contributed by atoms with van der Waals surface area (Å²) < 4.78 is 0. The van der Waals surface area contributed by atoms with Crippen LogP contribution in [-0.4, -0.2) is 38.0 Å². The normalized spacial score (nSPS) is 10.2. The van der Waals surface area contributed by atoms with Crippen LogP contribution in [0.2, 0.25) is 0 Å². The van der Waals surface area contributed by atoms with E-state index >= 15 is 0 Å². The van der Waals surface area contributed by atoms with Crippen molar-refractivity contribution in [1.29, 1.82) is 0 Å². The van der Waals surface area contributed by atoms with Crippen LogP contribution in [0.25, 0.3) is 0 Å². The molecule has 0 atom stereocenters. The van der Waals surface area contributed by atoms with Crippen LogP contribution in [0, 0.1) is 6.92 Å². The number of carbonyl (C=O) groups excluding carboxylic acids is 1. The zero-order valence-electron chi connectivity index (χ0n) is 9.71. The van der Waals surface area contributed by atoms with Crippen LogP contribution in [-0.2, 0) is 6.54 Å². The quantitative estimate of drug-likeness (QED) is 0.847. The largest absolute Gasteiger partial charge is 0.333 e. The number of pyridine rings is 1. The second-order valence-corrected chi connectivity index (χ2v) is 3.71. The van der Waals surface area contributed by atoms with Gasteiger partial charge in [0, 0.05) is 13.2 Å². The molecule has 2 aromatic rings. The third-order valence-electron chi connectivity index (χ3n) is 2.25. The number of amides is 1. The molecule has 2 aromatic heterocycles. The predicted molar refractivity (Wildman–Crippen MR) is 61.2 cm³/mol. The first-order valence-corrected chi connectivity index (χ1v) is 5.21. The number of aryl methyl sites for hydroxylation is 1. The van der Waals surface area contributed by atoms with Crippen molar-refractivity contribution in [3.63, 3.8) is 0 Å². The van der Waals surface area contributed by atoms with E-state index in [1.54, 1.807) is 31.4 Å². The Morgan fingerprint density at radius 2 is 2.29 bits per heavy atom. The number of rotatable bonds is 3. The molecule has 2 heterocycles. The summed E-state index contributed by atoms with van der Waals surface area (Å²) in [7, 11) is 1.70. The van der Waals surface area contributed by atoms with Crippen LogP contribution < -0.4 is 0 Å². The van der Waals surface area contributed by atoms with Crippen LogP contribution in [0.15, 0.2) is 24.4 Å². The predicted octanol–water partition coefficient (Wildman–Crippen LogP) is 0.780. The lowest BCUT2D eigenvalue weighted by Gasteiger charge is -2.14. The lowest BCUT2D eigenvalue weighted by Crippen LogP contribution is -2.27. The average Bonchev–Trinajstić information content (AvgIpc) is 2.75. The van der Waals surface area contributed by atoms with Crippen LogP contribution in [0.3, 0.4) is 0 Å². The van der Waals surface area contributed by atoms with Crippen molar-refractivity contribution >= 4 is 5.91 Å². The Labute approximate surface area is 98.7 Å². The molecule has 0 radical (unpaired) electrons. The highest BCUT2D eigenvalue weighted by Crippen LogP contribution is 2.03. The van der Waals surface area contributed by atoms with Gasteiger partial charge in [0.05, 0.1) is 6.54 Å². The molecular formula is C11H13N5O. The zero-order chi connectivity index (χ0) is 12.3. The van der Waals surface area contributed by atoms with Crippen molar-refractivity contribution in [2.24, 2.45) is 0 Å². The highest BCUT2D eigenvalue weighted by Gasteiger charge is 2.14. The Hall–Kier alpha value is -2.24. The molecule has 2 rings (SSSR count). The Kier molecular flexibility index (Phi) is 3.13. The highest BCUT2D eigenvalue weighted by atomic mass is 16.2. The molecule has 0 fully saturated rings. The summed E-state index contributed by atoms with van der Waals surface area (Å²) in [5, 5.41) is 6.72. The lowest BCUT2D eigenvalue weighted by atomic mass is 10.3. The topological polar surface area (TPSA) is 74.8 Å². The van der Waals surface area contributed by atoms with Crippen LogP contribution in [0.5, 0.6) is 0 Å². The van der Waals surface area contributed by atoms with Gasteiger partial charge in [0.2, 0.25) is 0 Å². The van der Waals surface area contributed by atoms with Crippen molar-refractivity contribution in [3.05, 3.63) is 41.7 Å². The Morgan fingerprint density at radius 1 is 1.47 bits per heavy atom. The van der Waals surface area contributed by atoms with Gasteiger partial charge in [-0.25, -0.2) is 4.98 Å². The fourth-order valence-corrected chi connectivity index (χ4v) is 1.43. The van der Waals surface area contributed by atoms with Crippen molar-refractivity contribution in [1.82, 2.24) is 25.1 Å². The van der Waals surface area contributed by atoms with Gasteiger partial charge < -0.3 is 4.90 Å². The van der Waals surface area contributed by atoms with Crippen molar-refractivity contribution < 1.29 is 4.79 Å². The maximum atomic E-state index is 12.0. The SMILES string of the molecule is Cc1nc(CN(C)C(=O)c2ccccn2)n[nH]1. The monoisotopic (exact) mass is 231 g/mol. The van der Waals surface area contributed by atoms with E-state index in [1.165, 1.54) is 4.90 Å². The molecule has 0 spiro atoms. The summed E-state index contributed by atoms with van der Waals surface area (Å²) in [5.74, 6) is 1.18. The molecule has 6 heteroatoms. The first kappa shape index (κ1) is 11.3. The standard InChI is InChI=1S/C11H13N5O/c1-8-13-10(15-14-8)7-16(2)11(17)9-5-3-4-6-12-9/h3-6H,7H2,1-2H3,(H,13,14,15). The van der Waals surface area contributed by atoms with E-state index in [0.29, 0.717) is 18.1 Å². The molecule has 6 nitrogen and oxygen atoms in total. The molecule has 1 N–H and O–H groups in total. The lowest BCUT2D eigenvalue weighted by molar-refractivity contribution is 0.0776. The van der Waals surface area contributed by atoms with Gasteiger partial charge in [-0.3, -0.25) is 14.9 Å². The Morgan fingerprint density at radius 3 is 2.88 bits per heavy atom. The molecule has 0 aliphatic rings. The number of hydrogen-bond donors (Lipinski definition) is 1. The van der Waals surface area contributed by atoms with E-state index in [4.69, 9.17) is 0 Å². The van der Waals surface area contributed by atoms with E-state index < -0.39 is 0 Å².